The van der Waals surface area contributed by atoms with Gasteiger partial charge in [-0.3, -0.25) is 4.90 Å². The summed E-state index contributed by atoms with van der Waals surface area (Å²) in [5, 5.41) is 3.60. The third-order valence-corrected chi connectivity index (χ3v) is 7.19. The highest BCUT2D eigenvalue weighted by Gasteiger charge is 2.41. The molecule has 1 N–H and O–H groups in total. The molecule has 0 aromatic heterocycles. The summed E-state index contributed by atoms with van der Waals surface area (Å²) in [6, 6.07) is 0.526. The van der Waals surface area contributed by atoms with Crippen molar-refractivity contribution in [3.8, 4) is 0 Å². The summed E-state index contributed by atoms with van der Waals surface area (Å²) in [7, 11) is -3.03. The van der Waals surface area contributed by atoms with Crippen LogP contribution in [0.5, 0.6) is 0 Å². The van der Waals surface area contributed by atoms with Gasteiger partial charge in [0.15, 0.2) is 9.84 Å². The van der Waals surface area contributed by atoms with E-state index in [0.29, 0.717) is 12.6 Å². The predicted molar refractivity (Wildman–Crippen MR) is 83.7 cm³/mol. The van der Waals surface area contributed by atoms with Crippen molar-refractivity contribution in [2.75, 3.05) is 25.4 Å². The lowest BCUT2D eigenvalue weighted by Crippen LogP contribution is -2.62. The summed E-state index contributed by atoms with van der Waals surface area (Å²) in [6.07, 6.45) is 2.60. The summed E-state index contributed by atoms with van der Waals surface area (Å²) in [5.74, 6) is 1.05. The Hall–Kier alpha value is -0.130. The molecule has 1 saturated heterocycles. The monoisotopic (exact) mass is 302 g/mol. The van der Waals surface area contributed by atoms with Gasteiger partial charge < -0.3 is 5.32 Å². The van der Waals surface area contributed by atoms with Gasteiger partial charge in [-0.05, 0) is 53.4 Å². The number of rotatable bonds is 4. The van der Waals surface area contributed by atoms with E-state index >= 15 is 0 Å². The van der Waals surface area contributed by atoms with E-state index < -0.39 is 14.6 Å². The molecule has 1 unspecified atom stereocenters. The van der Waals surface area contributed by atoms with Gasteiger partial charge >= 0.3 is 0 Å². The maximum Gasteiger partial charge on any atom is 0.156 e. The molecular formula is C15H30N2O2S. The van der Waals surface area contributed by atoms with Crippen molar-refractivity contribution in [3.05, 3.63) is 0 Å². The topological polar surface area (TPSA) is 49.4 Å². The zero-order valence-electron chi connectivity index (χ0n) is 13.6. The molecule has 1 atom stereocenters. The summed E-state index contributed by atoms with van der Waals surface area (Å²) in [6.45, 7) is 12.4. The molecule has 0 radical (unpaired) electrons. The number of hydrogen-bond donors (Lipinski definition) is 1. The van der Waals surface area contributed by atoms with Crippen molar-refractivity contribution in [3.63, 3.8) is 0 Å². The minimum atomic E-state index is -3.03. The van der Waals surface area contributed by atoms with Crippen LogP contribution < -0.4 is 5.32 Å². The molecule has 5 heteroatoms. The van der Waals surface area contributed by atoms with Crippen LogP contribution >= 0.6 is 0 Å². The van der Waals surface area contributed by atoms with Crippen molar-refractivity contribution >= 4 is 9.84 Å². The number of sulfone groups is 1. The standard InChI is InChI=1S/C15H30N2O2S/c1-14(2,3)20(18,19)9-8-17-11-15(4,5)16-10-13(17)12-6-7-12/h12-13,16H,6-11H2,1-5H3. The van der Waals surface area contributed by atoms with Gasteiger partial charge in [0.1, 0.15) is 0 Å². The molecule has 0 aromatic rings. The Morgan fingerprint density at radius 2 is 1.85 bits per heavy atom. The molecule has 0 spiro atoms. The molecule has 118 valence electrons. The Morgan fingerprint density at radius 1 is 1.25 bits per heavy atom. The number of nitrogens with zero attached hydrogens (tertiary/aromatic N) is 1. The lowest BCUT2D eigenvalue weighted by atomic mass is 9.97. The van der Waals surface area contributed by atoms with Crippen molar-refractivity contribution in [1.82, 2.24) is 10.2 Å². The van der Waals surface area contributed by atoms with Crippen LogP contribution in [-0.2, 0) is 9.84 Å². The first kappa shape index (κ1) is 16.2. The molecule has 0 aromatic carbocycles. The Kier molecular flexibility index (Phi) is 4.27. The van der Waals surface area contributed by atoms with Gasteiger partial charge in [0.05, 0.1) is 10.5 Å². The highest BCUT2D eigenvalue weighted by molar-refractivity contribution is 7.92. The molecule has 1 aliphatic carbocycles. The Balaban J connectivity index is 2.01. The highest BCUT2D eigenvalue weighted by atomic mass is 32.2. The third kappa shape index (κ3) is 3.74. The maximum atomic E-state index is 12.3. The van der Waals surface area contributed by atoms with E-state index in [1.54, 1.807) is 20.8 Å². The smallest absolute Gasteiger partial charge is 0.156 e. The Morgan fingerprint density at radius 3 is 2.35 bits per heavy atom. The Bertz CT molecular complexity index is 447. The molecule has 4 nitrogen and oxygen atoms in total. The first-order chi connectivity index (χ1) is 9.02. The van der Waals surface area contributed by atoms with Gasteiger partial charge in [-0.25, -0.2) is 8.42 Å². The number of nitrogens with one attached hydrogen (secondary N) is 1. The molecule has 1 saturated carbocycles. The maximum absolute atomic E-state index is 12.3. The molecule has 1 heterocycles. The van der Waals surface area contributed by atoms with Crippen LogP contribution in [0.3, 0.4) is 0 Å². The van der Waals surface area contributed by atoms with Gasteiger partial charge in [0.2, 0.25) is 0 Å². The molecular weight excluding hydrogens is 272 g/mol. The largest absolute Gasteiger partial charge is 0.309 e. The molecule has 2 rings (SSSR count). The lowest BCUT2D eigenvalue weighted by Gasteiger charge is -2.45. The summed E-state index contributed by atoms with van der Waals surface area (Å²) in [5.41, 5.74) is 0.0802. The van der Waals surface area contributed by atoms with E-state index in [4.69, 9.17) is 0 Å². The second kappa shape index (κ2) is 5.25. The minimum Gasteiger partial charge on any atom is -0.309 e. The fourth-order valence-electron chi connectivity index (χ4n) is 2.93. The van der Waals surface area contributed by atoms with Crippen LogP contribution in [0.15, 0.2) is 0 Å². The van der Waals surface area contributed by atoms with E-state index in [-0.39, 0.29) is 11.3 Å². The fraction of sp³-hybridized carbons (Fsp3) is 1.00. The van der Waals surface area contributed by atoms with Crippen LogP contribution in [0.1, 0.15) is 47.5 Å². The van der Waals surface area contributed by atoms with E-state index in [9.17, 15) is 8.42 Å². The molecule has 20 heavy (non-hydrogen) atoms. The van der Waals surface area contributed by atoms with Crippen molar-refractivity contribution in [2.45, 2.75) is 63.8 Å². The van der Waals surface area contributed by atoms with Gasteiger partial charge in [0.25, 0.3) is 0 Å². The number of hydrogen-bond acceptors (Lipinski definition) is 4. The van der Waals surface area contributed by atoms with Crippen molar-refractivity contribution in [2.24, 2.45) is 5.92 Å². The van der Waals surface area contributed by atoms with E-state index in [2.05, 4.69) is 24.1 Å². The number of piperazine rings is 1. The average Bonchev–Trinajstić information content (AvgIpc) is 3.08. The van der Waals surface area contributed by atoms with Crippen molar-refractivity contribution in [1.29, 1.82) is 0 Å². The summed E-state index contributed by atoms with van der Waals surface area (Å²) >= 11 is 0. The predicted octanol–water partition coefficient (Wildman–Crippen LogP) is 1.66. The second-order valence-electron chi connectivity index (χ2n) is 8.07. The minimum absolute atomic E-state index is 0.0802. The molecule has 1 aliphatic heterocycles. The SMILES string of the molecule is CC1(C)CN(CCS(=O)(=O)C(C)(C)C)C(C2CC2)CN1. The molecule has 0 bridgehead atoms. The van der Waals surface area contributed by atoms with Crippen molar-refractivity contribution < 1.29 is 8.42 Å². The van der Waals surface area contributed by atoms with Gasteiger partial charge in [-0.1, -0.05) is 0 Å². The van der Waals surface area contributed by atoms with E-state index in [0.717, 1.165) is 19.0 Å². The van der Waals surface area contributed by atoms with Gasteiger partial charge in [0, 0.05) is 31.2 Å². The van der Waals surface area contributed by atoms with Gasteiger partial charge in [-0.2, -0.15) is 0 Å². The van der Waals surface area contributed by atoms with Gasteiger partial charge in [-0.15, -0.1) is 0 Å². The van der Waals surface area contributed by atoms with Crippen LogP contribution in [0.4, 0.5) is 0 Å². The first-order valence-corrected chi connectivity index (χ1v) is 9.38. The second-order valence-corrected chi connectivity index (χ2v) is 10.9. The molecule has 0 amide bonds. The molecule has 2 fully saturated rings. The fourth-order valence-corrected chi connectivity index (χ4v) is 4.01. The van der Waals surface area contributed by atoms with E-state index in [1.165, 1.54) is 12.8 Å². The quantitative estimate of drug-likeness (QED) is 0.858. The average molecular weight is 302 g/mol. The Labute approximate surface area is 124 Å². The zero-order valence-corrected chi connectivity index (χ0v) is 14.4. The third-order valence-electron chi connectivity index (χ3n) is 4.60. The van der Waals surface area contributed by atoms with Crippen LogP contribution in [0, 0.1) is 5.92 Å². The molecule has 2 aliphatic rings. The normalized spacial score (nSPS) is 28.6. The summed E-state index contributed by atoms with van der Waals surface area (Å²) in [4.78, 5) is 2.41. The van der Waals surface area contributed by atoms with Crippen LogP contribution in [-0.4, -0.2) is 55.0 Å². The van der Waals surface area contributed by atoms with E-state index in [1.807, 2.05) is 0 Å². The highest BCUT2D eigenvalue weighted by Crippen LogP contribution is 2.37. The van der Waals surface area contributed by atoms with Crippen LogP contribution in [0.2, 0.25) is 0 Å². The first-order valence-electron chi connectivity index (χ1n) is 7.73. The summed E-state index contributed by atoms with van der Waals surface area (Å²) < 4.78 is 24.0. The zero-order chi connectivity index (χ0) is 15.2. The van der Waals surface area contributed by atoms with Crippen LogP contribution in [0.25, 0.3) is 0 Å². The lowest BCUT2D eigenvalue weighted by molar-refractivity contribution is 0.0888.